The number of benzene rings is 1. The van der Waals surface area contributed by atoms with Gasteiger partial charge >= 0.3 is 0 Å². The zero-order chi connectivity index (χ0) is 13.4. The summed E-state index contributed by atoms with van der Waals surface area (Å²) in [6, 6.07) is 5.19. The van der Waals surface area contributed by atoms with Crippen molar-refractivity contribution in [3.63, 3.8) is 0 Å². The van der Waals surface area contributed by atoms with Crippen LogP contribution in [0.2, 0.25) is 0 Å². The monoisotopic (exact) mass is 322 g/mol. The van der Waals surface area contributed by atoms with Crippen molar-refractivity contribution >= 4 is 21.7 Å². The normalized spacial score (nSPS) is 13.4. The van der Waals surface area contributed by atoms with Crippen LogP contribution in [0.4, 0.5) is 0 Å². The third-order valence-electron chi connectivity index (χ3n) is 2.91. The summed E-state index contributed by atoms with van der Waals surface area (Å²) in [7, 11) is 1.73. The summed E-state index contributed by atoms with van der Waals surface area (Å²) in [4.78, 5) is 12.4. The van der Waals surface area contributed by atoms with Crippen molar-refractivity contribution in [1.29, 1.82) is 0 Å². The first-order chi connectivity index (χ1) is 9.16. The molecule has 0 radical (unpaired) electrons. The molecule has 0 aliphatic carbocycles. The van der Waals surface area contributed by atoms with Gasteiger partial charge in [0.15, 0.2) is 11.5 Å². The number of fused-ring (bicyclic) bond motifs is 1. The van der Waals surface area contributed by atoms with Crippen LogP contribution in [0.5, 0.6) is 11.5 Å². The van der Waals surface area contributed by atoms with Crippen molar-refractivity contribution in [2.45, 2.75) is 0 Å². The van der Waals surface area contributed by atoms with E-state index in [0.717, 1.165) is 0 Å². The van der Waals surface area contributed by atoms with E-state index in [9.17, 15) is 4.79 Å². The molecule has 3 rings (SSSR count). The van der Waals surface area contributed by atoms with Crippen LogP contribution in [-0.4, -0.2) is 28.8 Å². The molecule has 0 unspecified atom stereocenters. The topological polar surface area (TPSA) is 53.4 Å². The molecule has 2 heterocycles. The lowest BCUT2D eigenvalue weighted by Crippen LogP contribution is -2.16. The van der Waals surface area contributed by atoms with Gasteiger partial charge in [0.05, 0.1) is 10.7 Å². The molecule has 0 atom stereocenters. The summed E-state index contributed by atoms with van der Waals surface area (Å²) in [6.45, 7) is 1.04. The number of nitrogens with zero attached hydrogens (tertiary/aromatic N) is 2. The Kier molecular flexibility index (Phi) is 3.02. The highest BCUT2D eigenvalue weighted by molar-refractivity contribution is 9.10. The van der Waals surface area contributed by atoms with Crippen molar-refractivity contribution in [3.8, 4) is 11.5 Å². The SMILES string of the molecule is Cn1ncc(Br)c1C(=O)c1ccc2c(c1)OCCO2. The van der Waals surface area contributed by atoms with Crippen LogP contribution >= 0.6 is 15.9 Å². The molecule has 1 aliphatic heterocycles. The molecule has 0 bridgehead atoms. The Labute approximate surface area is 118 Å². The number of carbonyl (C=O) groups is 1. The maximum atomic E-state index is 12.4. The van der Waals surface area contributed by atoms with E-state index >= 15 is 0 Å². The summed E-state index contributed by atoms with van der Waals surface area (Å²) in [5, 5.41) is 4.04. The standard InChI is InChI=1S/C13H11BrN2O3/c1-16-12(9(14)7-15-16)13(17)8-2-3-10-11(6-8)19-5-4-18-10/h2-3,6-7H,4-5H2,1H3. The minimum absolute atomic E-state index is 0.108. The van der Waals surface area contributed by atoms with Crippen molar-refractivity contribution in [1.82, 2.24) is 9.78 Å². The number of hydrogen-bond donors (Lipinski definition) is 0. The molecule has 98 valence electrons. The van der Waals surface area contributed by atoms with Gasteiger partial charge in [0.1, 0.15) is 18.9 Å². The van der Waals surface area contributed by atoms with Gasteiger partial charge in [0, 0.05) is 12.6 Å². The number of ketones is 1. The second-order valence-corrected chi connectivity index (χ2v) is 5.01. The van der Waals surface area contributed by atoms with Crippen LogP contribution in [0.15, 0.2) is 28.9 Å². The van der Waals surface area contributed by atoms with Crippen LogP contribution in [0, 0.1) is 0 Å². The van der Waals surface area contributed by atoms with Gasteiger partial charge in [-0.2, -0.15) is 5.10 Å². The second kappa shape index (κ2) is 4.70. The van der Waals surface area contributed by atoms with Crippen LogP contribution in [0.25, 0.3) is 0 Å². The minimum Gasteiger partial charge on any atom is -0.486 e. The van der Waals surface area contributed by atoms with Gasteiger partial charge in [-0.25, -0.2) is 0 Å². The van der Waals surface area contributed by atoms with Gasteiger partial charge < -0.3 is 9.47 Å². The zero-order valence-electron chi connectivity index (χ0n) is 10.2. The van der Waals surface area contributed by atoms with Gasteiger partial charge in [0.25, 0.3) is 0 Å². The number of aromatic nitrogens is 2. The minimum atomic E-state index is -0.108. The number of ether oxygens (including phenoxy) is 2. The summed E-state index contributed by atoms with van der Waals surface area (Å²) in [5.41, 5.74) is 1.06. The molecule has 19 heavy (non-hydrogen) atoms. The fraction of sp³-hybridized carbons (Fsp3) is 0.231. The van der Waals surface area contributed by atoms with Crippen molar-refractivity contribution in [3.05, 3.63) is 40.1 Å². The average molecular weight is 323 g/mol. The lowest BCUT2D eigenvalue weighted by molar-refractivity contribution is 0.102. The maximum absolute atomic E-state index is 12.4. The largest absolute Gasteiger partial charge is 0.486 e. The first-order valence-electron chi connectivity index (χ1n) is 5.78. The second-order valence-electron chi connectivity index (χ2n) is 4.15. The number of hydrogen-bond acceptors (Lipinski definition) is 4. The van der Waals surface area contributed by atoms with Crippen LogP contribution in [0.1, 0.15) is 16.1 Å². The number of carbonyl (C=O) groups excluding carboxylic acids is 1. The Bertz CT molecular complexity index is 632. The van der Waals surface area contributed by atoms with E-state index in [0.29, 0.717) is 40.4 Å². The smallest absolute Gasteiger partial charge is 0.212 e. The molecule has 0 saturated carbocycles. The Hall–Kier alpha value is -1.82. The van der Waals surface area contributed by atoms with E-state index < -0.39 is 0 Å². The van der Waals surface area contributed by atoms with Crippen LogP contribution < -0.4 is 9.47 Å². The quantitative estimate of drug-likeness (QED) is 0.795. The van der Waals surface area contributed by atoms with E-state index in [2.05, 4.69) is 21.0 Å². The fourth-order valence-corrected chi connectivity index (χ4v) is 2.52. The van der Waals surface area contributed by atoms with E-state index in [4.69, 9.17) is 9.47 Å². The van der Waals surface area contributed by atoms with Gasteiger partial charge in [-0.3, -0.25) is 9.48 Å². The Balaban J connectivity index is 2.01. The zero-order valence-corrected chi connectivity index (χ0v) is 11.8. The molecular formula is C13H11BrN2O3. The van der Waals surface area contributed by atoms with E-state index in [1.54, 1.807) is 36.1 Å². The predicted octanol–water partition coefficient (Wildman–Crippen LogP) is 2.18. The molecule has 0 N–H and O–H groups in total. The van der Waals surface area contributed by atoms with Crippen molar-refractivity contribution < 1.29 is 14.3 Å². The highest BCUT2D eigenvalue weighted by Gasteiger charge is 2.20. The molecule has 0 fully saturated rings. The third-order valence-corrected chi connectivity index (χ3v) is 3.49. The molecule has 5 nitrogen and oxygen atoms in total. The van der Waals surface area contributed by atoms with Crippen molar-refractivity contribution in [2.24, 2.45) is 7.05 Å². The summed E-state index contributed by atoms with van der Waals surface area (Å²) in [5.74, 6) is 1.17. The summed E-state index contributed by atoms with van der Waals surface area (Å²) >= 11 is 3.33. The molecule has 6 heteroatoms. The highest BCUT2D eigenvalue weighted by atomic mass is 79.9. The van der Waals surface area contributed by atoms with E-state index in [-0.39, 0.29) is 5.78 Å². The van der Waals surface area contributed by atoms with Crippen LogP contribution in [-0.2, 0) is 7.05 Å². The maximum Gasteiger partial charge on any atom is 0.212 e. The van der Waals surface area contributed by atoms with E-state index in [1.165, 1.54) is 0 Å². The van der Waals surface area contributed by atoms with Gasteiger partial charge in [0.2, 0.25) is 5.78 Å². The molecule has 1 aliphatic rings. The van der Waals surface area contributed by atoms with E-state index in [1.807, 2.05) is 0 Å². The number of halogens is 1. The number of aryl methyl sites for hydroxylation is 1. The van der Waals surface area contributed by atoms with Gasteiger partial charge in [-0.1, -0.05) is 0 Å². The fourth-order valence-electron chi connectivity index (χ4n) is 1.99. The molecule has 0 saturated heterocycles. The molecular weight excluding hydrogens is 312 g/mol. The first-order valence-corrected chi connectivity index (χ1v) is 6.58. The molecule has 0 spiro atoms. The Morgan fingerprint density at radius 3 is 2.74 bits per heavy atom. The lowest BCUT2D eigenvalue weighted by Gasteiger charge is -2.18. The summed E-state index contributed by atoms with van der Waals surface area (Å²) in [6.07, 6.45) is 1.60. The molecule has 1 aromatic heterocycles. The molecule has 2 aromatic rings. The third kappa shape index (κ3) is 2.12. The molecule has 0 amide bonds. The number of rotatable bonds is 2. The van der Waals surface area contributed by atoms with Gasteiger partial charge in [-0.15, -0.1) is 0 Å². The Morgan fingerprint density at radius 2 is 2.05 bits per heavy atom. The summed E-state index contributed by atoms with van der Waals surface area (Å²) < 4.78 is 13.1. The van der Waals surface area contributed by atoms with Crippen LogP contribution in [0.3, 0.4) is 0 Å². The Morgan fingerprint density at radius 1 is 1.32 bits per heavy atom. The highest BCUT2D eigenvalue weighted by Crippen LogP contribution is 2.32. The lowest BCUT2D eigenvalue weighted by atomic mass is 10.1. The van der Waals surface area contributed by atoms with Crippen molar-refractivity contribution in [2.75, 3.05) is 13.2 Å². The molecule has 1 aromatic carbocycles. The van der Waals surface area contributed by atoms with Gasteiger partial charge in [-0.05, 0) is 34.1 Å². The average Bonchev–Trinajstić information content (AvgIpc) is 2.77. The predicted molar refractivity (Wildman–Crippen MR) is 71.8 cm³/mol. The first kappa shape index (κ1) is 12.2.